The molecular weight excluding hydrogens is 232 g/mol. The predicted octanol–water partition coefficient (Wildman–Crippen LogP) is 1.69. The van der Waals surface area contributed by atoms with E-state index in [1.54, 1.807) is 13.3 Å². The topological polar surface area (TPSA) is 56.5 Å². The fraction of sp³-hybridized carbons (Fsp3) is 0.769. The van der Waals surface area contributed by atoms with Gasteiger partial charge in [-0.15, -0.1) is 0 Å². The van der Waals surface area contributed by atoms with Crippen LogP contribution in [0.5, 0.6) is 5.75 Å². The molecule has 5 nitrogen and oxygen atoms in total. The first-order chi connectivity index (χ1) is 8.71. The Balaban J connectivity index is 2.36. The van der Waals surface area contributed by atoms with Crippen LogP contribution in [-0.2, 0) is 16.9 Å². The summed E-state index contributed by atoms with van der Waals surface area (Å²) in [5.74, 6) is 0.674. The van der Waals surface area contributed by atoms with E-state index in [4.69, 9.17) is 9.47 Å². The fourth-order valence-electron chi connectivity index (χ4n) is 2.54. The lowest BCUT2D eigenvalue weighted by Gasteiger charge is -2.27. The number of aliphatic hydroxyl groups is 1. The maximum atomic E-state index is 10.9. The summed E-state index contributed by atoms with van der Waals surface area (Å²) in [5.41, 5.74) is -0.0783. The van der Waals surface area contributed by atoms with Gasteiger partial charge >= 0.3 is 0 Å². The molecule has 0 bridgehead atoms. The van der Waals surface area contributed by atoms with Gasteiger partial charge in [-0.05, 0) is 19.3 Å². The molecule has 0 amide bonds. The van der Waals surface area contributed by atoms with Gasteiger partial charge < -0.3 is 14.6 Å². The van der Waals surface area contributed by atoms with Gasteiger partial charge in [-0.1, -0.05) is 6.92 Å². The number of rotatable bonds is 4. The van der Waals surface area contributed by atoms with Gasteiger partial charge in [-0.3, -0.25) is 4.68 Å². The first-order valence-electron chi connectivity index (χ1n) is 6.61. The Hall–Kier alpha value is -1.07. The van der Waals surface area contributed by atoms with E-state index in [0.717, 1.165) is 25.1 Å². The zero-order chi connectivity index (χ0) is 13.0. The molecular formula is C13H22N2O3. The second-order valence-corrected chi connectivity index (χ2v) is 4.78. The van der Waals surface area contributed by atoms with Crippen molar-refractivity contribution in [3.05, 3.63) is 11.9 Å². The second kappa shape index (κ2) is 5.71. The summed E-state index contributed by atoms with van der Waals surface area (Å²) >= 11 is 0. The summed E-state index contributed by atoms with van der Waals surface area (Å²) in [4.78, 5) is 0. The minimum atomic E-state index is -0.881. The van der Waals surface area contributed by atoms with Crippen LogP contribution in [0.2, 0.25) is 0 Å². The van der Waals surface area contributed by atoms with Crippen LogP contribution in [0, 0.1) is 0 Å². The number of hydrogen-bond donors (Lipinski definition) is 1. The van der Waals surface area contributed by atoms with Gasteiger partial charge in [0.25, 0.3) is 0 Å². The molecule has 1 N–H and O–H groups in total. The third-order valence-electron chi connectivity index (χ3n) is 3.44. The number of nitrogens with zero attached hydrogens (tertiary/aromatic N) is 2. The summed E-state index contributed by atoms with van der Waals surface area (Å²) in [6.45, 7) is 4.18. The average molecular weight is 254 g/mol. The molecule has 1 unspecified atom stereocenters. The lowest BCUT2D eigenvalue weighted by Crippen LogP contribution is -2.30. The van der Waals surface area contributed by atoms with Crippen LogP contribution in [0.15, 0.2) is 6.20 Å². The van der Waals surface area contributed by atoms with Crippen molar-refractivity contribution < 1.29 is 14.6 Å². The van der Waals surface area contributed by atoms with Gasteiger partial charge in [-0.2, -0.15) is 5.10 Å². The van der Waals surface area contributed by atoms with Crippen molar-refractivity contribution in [1.82, 2.24) is 9.78 Å². The number of aryl methyl sites for hydroxylation is 1. The summed E-state index contributed by atoms with van der Waals surface area (Å²) < 4.78 is 12.6. The Morgan fingerprint density at radius 2 is 2.33 bits per heavy atom. The summed E-state index contributed by atoms with van der Waals surface area (Å²) in [6, 6.07) is 0. The summed E-state index contributed by atoms with van der Waals surface area (Å²) in [6.07, 6.45) is 4.81. The molecule has 0 spiro atoms. The van der Waals surface area contributed by atoms with Gasteiger partial charge in [0.2, 0.25) is 0 Å². The van der Waals surface area contributed by atoms with Gasteiger partial charge in [0.1, 0.15) is 11.3 Å². The van der Waals surface area contributed by atoms with E-state index >= 15 is 0 Å². The van der Waals surface area contributed by atoms with Crippen LogP contribution < -0.4 is 4.74 Å². The molecule has 0 aromatic carbocycles. The van der Waals surface area contributed by atoms with Crippen LogP contribution in [-0.4, -0.2) is 35.2 Å². The lowest BCUT2D eigenvalue weighted by atomic mass is 9.90. The first-order valence-corrected chi connectivity index (χ1v) is 6.61. The zero-order valence-corrected chi connectivity index (χ0v) is 11.2. The van der Waals surface area contributed by atoms with Gasteiger partial charge in [0, 0.05) is 26.2 Å². The van der Waals surface area contributed by atoms with Crippen molar-refractivity contribution in [2.45, 2.75) is 44.8 Å². The molecule has 2 rings (SSSR count). The molecule has 1 aromatic rings. The molecule has 1 aromatic heterocycles. The lowest BCUT2D eigenvalue weighted by molar-refractivity contribution is 0.00410. The molecule has 0 aliphatic carbocycles. The van der Waals surface area contributed by atoms with E-state index in [-0.39, 0.29) is 0 Å². The third kappa shape index (κ3) is 2.52. The van der Waals surface area contributed by atoms with E-state index in [1.165, 1.54) is 0 Å². The maximum absolute atomic E-state index is 10.9. The Morgan fingerprint density at radius 1 is 1.50 bits per heavy atom. The van der Waals surface area contributed by atoms with Crippen molar-refractivity contribution in [2.75, 3.05) is 20.3 Å². The van der Waals surface area contributed by atoms with Crippen molar-refractivity contribution in [3.63, 3.8) is 0 Å². The first kappa shape index (κ1) is 13.4. The highest BCUT2D eigenvalue weighted by atomic mass is 16.5. The quantitative estimate of drug-likeness (QED) is 0.888. The molecule has 18 heavy (non-hydrogen) atoms. The van der Waals surface area contributed by atoms with Crippen molar-refractivity contribution in [1.29, 1.82) is 0 Å². The van der Waals surface area contributed by atoms with Crippen LogP contribution >= 0.6 is 0 Å². The molecule has 1 saturated heterocycles. The minimum absolute atomic E-state index is 0.580. The molecule has 0 saturated carbocycles. The number of hydrogen-bond acceptors (Lipinski definition) is 4. The van der Waals surface area contributed by atoms with Crippen molar-refractivity contribution >= 4 is 0 Å². The SMILES string of the molecule is CCCn1ncc(OC)c1C1(O)CCCOCC1. The van der Waals surface area contributed by atoms with Crippen molar-refractivity contribution in [3.8, 4) is 5.75 Å². The van der Waals surface area contributed by atoms with E-state index in [9.17, 15) is 5.11 Å². The fourth-order valence-corrected chi connectivity index (χ4v) is 2.54. The molecule has 1 aliphatic heterocycles. The molecule has 2 heterocycles. The number of methoxy groups -OCH3 is 1. The largest absolute Gasteiger partial charge is 0.493 e. The Morgan fingerprint density at radius 3 is 3.06 bits per heavy atom. The van der Waals surface area contributed by atoms with E-state index < -0.39 is 5.60 Å². The Labute approximate surface area is 108 Å². The molecule has 0 radical (unpaired) electrons. The second-order valence-electron chi connectivity index (χ2n) is 4.78. The summed E-state index contributed by atoms with van der Waals surface area (Å²) in [5, 5.41) is 15.2. The van der Waals surface area contributed by atoms with Crippen molar-refractivity contribution in [2.24, 2.45) is 0 Å². The van der Waals surface area contributed by atoms with Gasteiger partial charge in [0.05, 0.1) is 13.3 Å². The molecule has 1 aliphatic rings. The standard InChI is InChI=1S/C13H22N2O3/c1-3-7-15-12(11(17-2)10-14-15)13(16)5-4-8-18-9-6-13/h10,16H,3-9H2,1-2H3. The summed E-state index contributed by atoms with van der Waals surface area (Å²) in [7, 11) is 1.62. The molecule has 5 heteroatoms. The molecule has 1 atom stereocenters. The molecule has 1 fully saturated rings. The van der Waals surface area contributed by atoms with Crippen LogP contribution in [0.1, 0.15) is 38.3 Å². The van der Waals surface area contributed by atoms with E-state index in [0.29, 0.717) is 31.8 Å². The minimum Gasteiger partial charge on any atom is -0.493 e. The molecule has 102 valence electrons. The van der Waals surface area contributed by atoms with Gasteiger partial charge in [-0.25, -0.2) is 0 Å². The average Bonchev–Trinajstić information content (AvgIpc) is 2.65. The smallest absolute Gasteiger partial charge is 0.162 e. The van der Waals surface area contributed by atoms with E-state index in [1.807, 2.05) is 4.68 Å². The van der Waals surface area contributed by atoms with Crippen LogP contribution in [0.3, 0.4) is 0 Å². The highest BCUT2D eigenvalue weighted by molar-refractivity contribution is 5.31. The maximum Gasteiger partial charge on any atom is 0.162 e. The Bertz CT molecular complexity index is 382. The van der Waals surface area contributed by atoms with Gasteiger partial charge in [0.15, 0.2) is 5.75 Å². The van der Waals surface area contributed by atoms with Crippen LogP contribution in [0.25, 0.3) is 0 Å². The highest BCUT2D eigenvalue weighted by Crippen LogP contribution is 2.37. The monoisotopic (exact) mass is 254 g/mol. The predicted molar refractivity (Wildman–Crippen MR) is 67.6 cm³/mol. The zero-order valence-electron chi connectivity index (χ0n) is 11.2. The highest BCUT2D eigenvalue weighted by Gasteiger charge is 2.36. The normalized spacial score (nSPS) is 24.8. The third-order valence-corrected chi connectivity index (χ3v) is 3.44. The number of aromatic nitrogens is 2. The van der Waals surface area contributed by atoms with E-state index in [2.05, 4.69) is 12.0 Å². The van der Waals surface area contributed by atoms with Crippen LogP contribution in [0.4, 0.5) is 0 Å². The Kier molecular flexibility index (Phi) is 4.24. The number of ether oxygens (including phenoxy) is 2.